The van der Waals surface area contributed by atoms with Gasteiger partial charge in [-0.05, 0) is 90.1 Å². The first-order valence-electron chi connectivity index (χ1n) is 24.9. The maximum Gasteiger partial charge on any atom is 0.407 e. The molecule has 17 heteroatoms. The summed E-state index contributed by atoms with van der Waals surface area (Å²) in [6, 6.07) is 19.2. The molecular weight excluding hydrogens is 937 g/mol. The largest absolute Gasteiger partial charge is 0.469 e. The number of aliphatic hydroxyl groups is 1. The third kappa shape index (κ3) is 14.1. The Labute approximate surface area is 427 Å². The average Bonchev–Trinajstić information content (AvgIpc) is 3.57. The molecule has 15 nitrogen and oxygen atoms in total. The second kappa shape index (κ2) is 23.7. The van der Waals surface area contributed by atoms with Gasteiger partial charge >= 0.3 is 12.1 Å². The van der Waals surface area contributed by atoms with Gasteiger partial charge in [-0.3, -0.25) is 29.7 Å². The number of amides is 2. The summed E-state index contributed by atoms with van der Waals surface area (Å²) in [6.45, 7) is 13.3. The lowest BCUT2D eigenvalue weighted by Crippen LogP contribution is -2.62. The average molecular weight is 1010 g/mol. The van der Waals surface area contributed by atoms with Crippen LogP contribution in [0.4, 0.5) is 19.4 Å². The molecule has 3 aliphatic rings. The number of carbonyl (C=O) groups excluding carboxylic acids is 4. The number of nitrogens with zero attached hydrogens (tertiary/aromatic N) is 5. The molecule has 0 saturated carbocycles. The van der Waals surface area contributed by atoms with Crippen molar-refractivity contribution >= 4 is 29.6 Å². The summed E-state index contributed by atoms with van der Waals surface area (Å²) in [7, 11) is 2.41. The number of ether oxygens (including phenoxy) is 3. The summed E-state index contributed by atoms with van der Waals surface area (Å²) >= 11 is 0. The van der Waals surface area contributed by atoms with Crippen LogP contribution in [0.5, 0.6) is 0 Å². The SMILES string of the molecule is COC(=O)C[C@H](C(=O)NN(Cc1c(F)cc(-c2ccccn2)cc1F)C[C@H](O)[C@@H](CC(=O)[C@@H](NC(=O)OC)C(C)(C)C)Cc1ccc(C#Cc2ccc(N3CC4CCC(C3)N4C3COC3)nc2)cc1)C(C)(C)C. The number of methoxy groups -OCH3 is 2. The molecule has 3 saturated heterocycles. The van der Waals surface area contributed by atoms with Crippen LogP contribution in [0, 0.1) is 46.1 Å². The summed E-state index contributed by atoms with van der Waals surface area (Å²) in [5.74, 6) is 2.02. The highest BCUT2D eigenvalue weighted by Gasteiger charge is 2.45. The topological polar surface area (TPSA) is 176 Å². The molecule has 3 aliphatic heterocycles. The lowest BCUT2D eigenvalue weighted by atomic mass is 9.78. The minimum absolute atomic E-state index is 0.141. The van der Waals surface area contributed by atoms with Crippen molar-refractivity contribution < 1.29 is 47.3 Å². The Bertz CT molecular complexity index is 2590. The van der Waals surface area contributed by atoms with Crippen LogP contribution >= 0.6 is 0 Å². The number of pyridine rings is 2. The summed E-state index contributed by atoms with van der Waals surface area (Å²) < 4.78 is 47.3. The number of aliphatic hydroxyl groups excluding tert-OH is 1. The Kier molecular flexibility index (Phi) is 17.7. The fraction of sp³-hybridized carbons (Fsp3) is 0.500. The van der Waals surface area contributed by atoms with Gasteiger partial charge < -0.3 is 29.5 Å². The van der Waals surface area contributed by atoms with Crippen LogP contribution < -0.4 is 15.6 Å². The monoisotopic (exact) mass is 1010 g/mol. The van der Waals surface area contributed by atoms with Gasteiger partial charge in [0.2, 0.25) is 5.91 Å². The third-order valence-electron chi connectivity index (χ3n) is 14.2. The number of hydrazine groups is 1. The molecule has 0 aliphatic carbocycles. The van der Waals surface area contributed by atoms with E-state index >= 15 is 8.78 Å². The second-order valence-electron chi connectivity index (χ2n) is 21.6. The van der Waals surface area contributed by atoms with E-state index in [0.29, 0.717) is 23.8 Å². The van der Waals surface area contributed by atoms with Gasteiger partial charge in [0.1, 0.15) is 17.5 Å². The highest BCUT2D eigenvalue weighted by atomic mass is 19.1. The van der Waals surface area contributed by atoms with E-state index in [1.54, 1.807) is 65.9 Å². The molecule has 2 unspecified atom stereocenters. The van der Waals surface area contributed by atoms with E-state index in [0.717, 1.165) is 60.9 Å². The van der Waals surface area contributed by atoms with Crippen molar-refractivity contribution in [3.8, 4) is 23.1 Å². The van der Waals surface area contributed by atoms with E-state index in [4.69, 9.17) is 19.2 Å². The quantitative estimate of drug-likeness (QED) is 0.0535. The number of hydrogen-bond acceptors (Lipinski definition) is 13. The lowest BCUT2D eigenvalue weighted by Gasteiger charge is -2.47. The predicted molar refractivity (Wildman–Crippen MR) is 271 cm³/mol. The first-order chi connectivity index (χ1) is 34.7. The molecule has 390 valence electrons. The van der Waals surface area contributed by atoms with Crippen molar-refractivity contribution in [2.75, 3.05) is 52.0 Å². The number of Topliss-reactive ketones (excluding diaryl/α,β-unsaturated/α-hetero) is 1. The number of benzene rings is 2. The zero-order valence-electron chi connectivity index (χ0n) is 43.1. The Morgan fingerprint density at radius 2 is 1.51 bits per heavy atom. The minimum Gasteiger partial charge on any atom is -0.469 e. The van der Waals surface area contributed by atoms with Gasteiger partial charge in [-0.15, -0.1) is 0 Å². The Morgan fingerprint density at radius 3 is 2.05 bits per heavy atom. The fourth-order valence-electron chi connectivity index (χ4n) is 10.0. The number of aromatic nitrogens is 2. The highest BCUT2D eigenvalue weighted by molar-refractivity contribution is 5.88. The molecule has 0 spiro atoms. The first kappa shape index (κ1) is 54.5. The fourth-order valence-corrected chi connectivity index (χ4v) is 10.0. The molecule has 0 radical (unpaired) electrons. The van der Waals surface area contributed by atoms with Crippen molar-refractivity contribution in [3.63, 3.8) is 0 Å². The number of fused-ring (bicyclic) bond motifs is 2. The van der Waals surface area contributed by atoms with E-state index in [9.17, 15) is 24.3 Å². The Hall–Kier alpha value is -6.32. The zero-order valence-corrected chi connectivity index (χ0v) is 43.1. The molecule has 3 N–H and O–H groups in total. The molecule has 5 heterocycles. The number of halogens is 2. The van der Waals surface area contributed by atoms with Crippen LogP contribution in [0.1, 0.15) is 89.5 Å². The lowest BCUT2D eigenvalue weighted by molar-refractivity contribution is -0.148. The summed E-state index contributed by atoms with van der Waals surface area (Å²) in [6.07, 6.45) is 3.07. The smallest absolute Gasteiger partial charge is 0.407 e. The van der Waals surface area contributed by atoms with Gasteiger partial charge in [-0.1, -0.05) is 71.6 Å². The van der Waals surface area contributed by atoms with Gasteiger partial charge in [0.05, 0.1) is 63.7 Å². The van der Waals surface area contributed by atoms with E-state index < -0.39 is 88.9 Å². The van der Waals surface area contributed by atoms with Crippen molar-refractivity contribution in [2.24, 2.45) is 22.7 Å². The third-order valence-corrected chi connectivity index (χ3v) is 14.2. The molecule has 2 aromatic carbocycles. The number of piperazine rings is 1. The van der Waals surface area contributed by atoms with Crippen LogP contribution in [0.3, 0.4) is 0 Å². The number of esters is 1. The number of nitrogens with one attached hydrogen (secondary N) is 2. The van der Waals surface area contributed by atoms with Crippen molar-refractivity contribution in [1.29, 1.82) is 0 Å². The molecule has 2 bridgehead atoms. The molecule has 2 aromatic heterocycles. The van der Waals surface area contributed by atoms with Gasteiger partial charge in [0.15, 0.2) is 5.78 Å². The van der Waals surface area contributed by atoms with E-state index in [-0.39, 0.29) is 24.8 Å². The van der Waals surface area contributed by atoms with Gasteiger partial charge in [-0.2, -0.15) is 0 Å². The van der Waals surface area contributed by atoms with Gasteiger partial charge in [0.25, 0.3) is 0 Å². The molecular formula is C56H69F2N7O8. The van der Waals surface area contributed by atoms with E-state index in [1.165, 1.54) is 38.3 Å². The molecule has 3 fully saturated rings. The molecule has 4 aromatic rings. The van der Waals surface area contributed by atoms with Crippen LogP contribution in [0.15, 0.2) is 79.1 Å². The minimum atomic E-state index is -1.41. The number of carbonyl (C=O) groups is 4. The molecule has 73 heavy (non-hydrogen) atoms. The maximum atomic E-state index is 16.0. The zero-order chi connectivity index (χ0) is 52.6. The van der Waals surface area contributed by atoms with Crippen LogP contribution in [0.25, 0.3) is 11.3 Å². The number of alkyl carbamates (subject to hydrolysis) is 1. The van der Waals surface area contributed by atoms with E-state index in [1.807, 2.05) is 36.4 Å². The first-order valence-corrected chi connectivity index (χ1v) is 24.9. The van der Waals surface area contributed by atoms with E-state index in [2.05, 4.69) is 37.4 Å². The number of rotatable bonds is 18. The summed E-state index contributed by atoms with van der Waals surface area (Å²) in [5, 5.41) is 16.1. The predicted octanol–water partition coefficient (Wildman–Crippen LogP) is 6.88. The van der Waals surface area contributed by atoms with Crippen LogP contribution in [0.2, 0.25) is 0 Å². The number of hydrogen-bond donors (Lipinski definition) is 3. The summed E-state index contributed by atoms with van der Waals surface area (Å²) in [4.78, 5) is 67.5. The highest BCUT2D eigenvalue weighted by Crippen LogP contribution is 2.36. The second-order valence-corrected chi connectivity index (χ2v) is 21.6. The van der Waals surface area contributed by atoms with Crippen LogP contribution in [-0.4, -0.2) is 126 Å². The van der Waals surface area contributed by atoms with Crippen molar-refractivity contribution in [3.05, 3.63) is 113 Å². The normalized spacial score (nSPS) is 18.7. The number of ketones is 1. The molecule has 7 rings (SSSR count). The Balaban J connectivity index is 1.12. The maximum absolute atomic E-state index is 16.0. The van der Waals surface area contributed by atoms with Gasteiger partial charge in [0, 0.05) is 79.3 Å². The van der Waals surface area contributed by atoms with Gasteiger partial charge in [-0.25, -0.2) is 23.6 Å². The Morgan fingerprint density at radius 1 is 0.849 bits per heavy atom. The molecule has 6 atom stereocenters. The van der Waals surface area contributed by atoms with Crippen LogP contribution in [-0.2, 0) is 41.6 Å². The standard InChI is InChI=1S/C56H69F2N7O8/c1-55(2,3)44(27-51(68)71-7)53(69)62-64(31-43-45(57)24-38(25-46(43)58)47-11-9-10-22-59-47)32-49(67)39(26-48(66)52(56(4,5)6)61-54(70)72-8)23-36-15-12-35(13-16-36)14-17-37-18-21-50(60-28-37)63-29-40-19-20-41(30-63)65(40)42-33-73-34-42/h9-13,15-16,18,21-22,24-25,28,39-42,44,49,52,67H,19-20,23,26-27,29-34H2,1-8H3,(H,61,70)(H,62,69)/t39-,40?,41?,44-,49+,52-/m1/s1. The molecule has 2 amide bonds. The van der Waals surface area contributed by atoms with Crippen molar-refractivity contribution in [2.45, 2.75) is 110 Å². The summed E-state index contributed by atoms with van der Waals surface area (Å²) in [5.41, 5.74) is 3.57. The number of anilines is 1. The van der Waals surface area contributed by atoms with Crippen molar-refractivity contribution in [1.82, 2.24) is 30.6 Å².